The fraction of sp³-hybridized carbons (Fsp3) is 0.364. The number of rotatable bonds is 7. The lowest BCUT2D eigenvalue weighted by molar-refractivity contribution is 0.0857. The molecule has 3 N–H and O–H groups in total. The first-order chi connectivity index (χ1) is 14.5. The van der Waals surface area contributed by atoms with Gasteiger partial charge in [-0.3, -0.25) is 9.79 Å². The zero-order valence-electron chi connectivity index (χ0n) is 16.9. The number of ether oxygens (including phenoxy) is 1. The third-order valence-electron chi connectivity index (χ3n) is 4.85. The first kappa shape index (κ1) is 22.4. The Morgan fingerprint density at radius 1 is 1.13 bits per heavy atom. The second-order valence-electron chi connectivity index (χ2n) is 7.06. The Hall–Kier alpha value is -2.28. The van der Waals surface area contributed by atoms with Crippen LogP contribution in [0.5, 0.6) is 0 Å². The van der Waals surface area contributed by atoms with Gasteiger partial charge in [0.2, 0.25) is 0 Å². The number of halogens is 2. The normalized spacial score (nSPS) is 16.4. The van der Waals surface area contributed by atoms with Gasteiger partial charge in [0.05, 0.1) is 6.10 Å². The summed E-state index contributed by atoms with van der Waals surface area (Å²) in [5, 5.41) is 10.6. The van der Waals surface area contributed by atoms with Gasteiger partial charge in [0, 0.05) is 48.9 Å². The Morgan fingerprint density at radius 2 is 1.97 bits per heavy atom. The summed E-state index contributed by atoms with van der Waals surface area (Å²) in [7, 11) is 1.70. The molecule has 8 heteroatoms. The SMILES string of the molecule is CN=C(NCc1cccc(C(=O)NCC2CCCO2)c1)NCc1ccc(Cl)cc1Cl. The Morgan fingerprint density at radius 3 is 2.70 bits per heavy atom. The summed E-state index contributed by atoms with van der Waals surface area (Å²) in [4.78, 5) is 16.6. The zero-order valence-corrected chi connectivity index (χ0v) is 18.4. The Labute approximate surface area is 187 Å². The molecule has 1 aliphatic heterocycles. The van der Waals surface area contributed by atoms with Crippen LogP contribution in [0.3, 0.4) is 0 Å². The molecule has 1 unspecified atom stereocenters. The van der Waals surface area contributed by atoms with Crippen molar-refractivity contribution in [3.8, 4) is 0 Å². The van der Waals surface area contributed by atoms with Gasteiger partial charge in [0.15, 0.2) is 5.96 Å². The highest BCUT2D eigenvalue weighted by molar-refractivity contribution is 6.35. The first-order valence-electron chi connectivity index (χ1n) is 9.92. The van der Waals surface area contributed by atoms with Gasteiger partial charge in [-0.2, -0.15) is 0 Å². The maximum absolute atomic E-state index is 12.4. The van der Waals surface area contributed by atoms with E-state index in [2.05, 4.69) is 20.9 Å². The molecule has 2 aromatic rings. The smallest absolute Gasteiger partial charge is 0.251 e. The minimum Gasteiger partial charge on any atom is -0.376 e. The van der Waals surface area contributed by atoms with E-state index in [-0.39, 0.29) is 12.0 Å². The van der Waals surface area contributed by atoms with Gasteiger partial charge in [0.1, 0.15) is 0 Å². The predicted molar refractivity (Wildman–Crippen MR) is 121 cm³/mol. The van der Waals surface area contributed by atoms with Crippen LogP contribution < -0.4 is 16.0 Å². The average molecular weight is 449 g/mol. The summed E-state index contributed by atoms with van der Waals surface area (Å²) >= 11 is 12.1. The van der Waals surface area contributed by atoms with Gasteiger partial charge < -0.3 is 20.7 Å². The number of amides is 1. The molecule has 1 aliphatic rings. The van der Waals surface area contributed by atoms with Gasteiger partial charge >= 0.3 is 0 Å². The summed E-state index contributed by atoms with van der Waals surface area (Å²) in [6.45, 7) is 2.37. The molecule has 0 aliphatic carbocycles. The Bertz CT molecular complexity index is 898. The van der Waals surface area contributed by atoms with E-state index in [9.17, 15) is 4.79 Å². The number of carbonyl (C=O) groups excluding carboxylic acids is 1. The molecule has 3 rings (SSSR count). The quantitative estimate of drug-likeness (QED) is 0.445. The van der Waals surface area contributed by atoms with E-state index in [1.165, 1.54) is 0 Å². The van der Waals surface area contributed by atoms with Gasteiger partial charge in [-0.1, -0.05) is 41.4 Å². The monoisotopic (exact) mass is 448 g/mol. The number of benzene rings is 2. The van der Waals surface area contributed by atoms with E-state index in [1.54, 1.807) is 19.2 Å². The number of carbonyl (C=O) groups is 1. The summed E-state index contributed by atoms with van der Waals surface area (Å²) in [5.74, 6) is 0.543. The van der Waals surface area contributed by atoms with Crippen LogP contribution in [0, 0.1) is 0 Å². The van der Waals surface area contributed by atoms with Crippen LogP contribution in [0.2, 0.25) is 10.0 Å². The van der Waals surface area contributed by atoms with E-state index < -0.39 is 0 Å². The van der Waals surface area contributed by atoms with Crippen LogP contribution >= 0.6 is 23.2 Å². The van der Waals surface area contributed by atoms with Crippen molar-refractivity contribution in [2.45, 2.75) is 32.0 Å². The van der Waals surface area contributed by atoms with Gasteiger partial charge in [0.25, 0.3) is 5.91 Å². The molecule has 1 heterocycles. The van der Waals surface area contributed by atoms with Crippen LogP contribution in [0.1, 0.15) is 34.3 Å². The average Bonchev–Trinajstić information content (AvgIpc) is 3.27. The van der Waals surface area contributed by atoms with E-state index in [0.29, 0.717) is 41.2 Å². The topological polar surface area (TPSA) is 74.8 Å². The van der Waals surface area contributed by atoms with E-state index in [0.717, 1.165) is 30.6 Å². The number of nitrogens with zero attached hydrogens (tertiary/aromatic N) is 1. The molecule has 0 bridgehead atoms. The first-order valence-corrected chi connectivity index (χ1v) is 10.7. The molecule has 1 atom stereocenters. The number of aliphatic imine (C=N–C) groups is 1. The number of hydrogen-bond acceptors (Lipinski definition) is 3. The lowest BCUT2D eigenvalue weighted by atomic mass is 10.1. The molecule has 1 amide bonds. The number of hydrogen-bond donors (Lipinski definition) is 3. The highest BCUT2D eigenvalue weighted by atomic mass is 35.5. The molecule has 30 heavy (non-hydrogen) atoms. The van der Waals surface area contributed by atoms with Crippen molar-refractivity contribution in [2.24, 2.45) is 4.99 Å². The van der Waals surface area contributed by atoms with E-state index in [1.807, 2.05) is 30.3 Å². The minimum atomic E-state index is -0.0905. The van der Waals surface area contributed by atoms with Crippen LogP contribution in [0.4, 0.5) is 0 Å². The zero-order chi connectivity index (χ0) is 21.3. The molecular weight excluding hydrogens is 423 g/mol. The molecule has 6 nitrogen and oxygen atoms in total. The third-order valence-corrected chi connectivity index (χ3v) is 5.44. The van der Waals surface area contributed by atoms with Gasteiger partial charge in [-0.15, -0.1) is 0 Å². The van der Waals surface area contributed by atoms with E-state index in [4.69, 9.17) is 27.9 Å². The van der Waals surface area contributed by atoms with Crippen molar-refractivity contribution < 1.29 is 9.53 Å². The number of guanidine groups is 1. The Balaban J connectivity index is 1.50. The Kier molecular flexibility index (Phi) is 8.37. The van der Waals surface area contributed by atoms with Crippen molar-refractivity contribution in [1.29, 1.82) is 0 Å². The predicted octanol–water partition coefficient (Wildman–Crippen LogP) is 3.77. The summed E-state index contributed by atoms with van der Waals surface area (Å²) in [6.07, 6.45) is 2.18. The molecule has 0 saturated carbocycles. The van der Waals surface area contributed by atoms with Gasteiger partial charge in [-0.25, -0.2) is 0 Å². The number of nitrogens with one attached hydrogen (secondary N) is 3. The molecule has 0 spiro atoms. The standard InChI is InChI=1S/C22H26Cl2N4O2/c1-25-22(28-13-17-7-8-18(23)11-20(17)24)27-12-15-4-2-5-16(10-15)21(29)26-14-19-6-3-9-30-19/h2,4-5,7-8,10-11,19H,3,6,9,12-14H2,1H3,(H,26,29)(H2,25,27,28). The lowest BCUT2D eigenvalue weighted by Crippen LogP contribution is -2.36. The van der Waals surface area contributed by atoms with Crippen molar-refractivity contribution in [3.05, 3.63) is 69.2 Å². The summed E-state index contributed by atoms with van der Waals surface area (Å²) in [6, 6.07) is 12.9. The molecule has 1 saturated heterocycles. The highest BCUT2D eigenvalue weighted by Gasteiger charge is 2.16. The highest BCUT2D eigenvalue weighted by Crippen LogP contribution is 2.20. The molecule has 160 valence electrons. The van der Waals surface area contributed by atoms with E-state index >= 15 is 0 Å². The van der Waals surface area contributed by atoms with Crippen molar-refractivity contribution in [1.82, 2.24) is 16.0 Å². The largest absolute Gasteiger partial charge is 0.376 e. The molecule has 2 aromatic carbocycles. The van der Waals surface area contributed by atoms with Crippen molar-refractivity contribution in [3.63, 3.8) is 0 Å². The third kappa shape index (κ3) is 6.62. The summed E-state index contributed by atoms with van der Waals surface area (Å²) in [5.41, 5.74) is 2.53. The van der Waals surface area contributed by atoms with Gasteiger partial charge in [-0.05, 0) is 48.2 Å². The molecule has 1 fully saturated rings. The second-order valence-corrected chi connectivity index (χ2v) is 7.90. The van der Waals surface area contributed by atoms with Crippen molar-refractivity contribution >= 4 is 35.1 Å². The molecule has 0 radical (unpaired) electrons. The van der Waals surface area contributed by atoms with Crippen LogP contribution in [0.15, 0.2) is 47.5 Å². The maximum Gasteiger partial charge on any atom is 0.251 e. The fourth-order valence-corrected chi connectivity index (χ4v) is 3.66. The summed E-state index contributed by atoms with van der Waals surface area (Å²) < 4.78 is 5.55. The van der Waals surface area contributed by atoms with Crippen molar-refractivity contribution in [2.75, 3.05) is 20.2 Å². The second kappa shape index (κ2) is 11.2. The van der Waals surface area contributed by atoms with Crippen LogP contribution in [-0.2, 0) is 17.8 Å². The van der Waals surface area contributed by atoms with Crippen LogP contribution in [-0.4, -0.2) is 38.2 Å². The van der Waals surface area contributed by atoms with Crippen LogP contribution in [0.25, 0.3) is 0 Å². The minimum absolute atomic E-state index is 0.0905. The molecular formula is C22H26Cl2N4O2. The maximum atomic E-state index is 12.4. The fourth-order valence-electron chi connectivity index (χ4n) is 3.19. The lowest BCUT2D eigenvalue weighted by Gasteiger charge is -2.14. The molecule has 0 aromatic heterocycles.